The number of amides is 2. The summed E-state index contributed by atoms with van der Waals surface area (Å²) in [5.41, 5.74) is 6.22. The van der Waals surface area contributed by atoms with E-state index in [4.69, 9.17) is 4.74 Å². The van der Waals surface area contributed by atoms with Crippen LogP contribution < -0.4 is 15.6 Å². The summed E-state index contributed by atoms with van der Waals surface area (Å²) >= 11 is 0. The Bertz CT molecular complexity index is 868. The van der Waals surface area contributed by atoms with Gasteiger partial charge in [-0.25, -0.2) is 0 Å². The zero-order chi connectivity index (χ0) is 18.2. The molecule has 26 heavy (non-hydrogen) atoms. The molecule has 2 amide bonds. The lowest BCUT2D eigenvalue weighted by molar-refractivity contribution is 0.0844. The van der Waals surface area contributed by atoms with Crippen LogP contribution in [0.5, 0.6) is 5.75 Å². The molecule has 0 bridgehead atoms. The molecule has 7 nitrogen and oxygen atoms in total. The Labute approximate surface area is 150 Å². The zero-order valence-corrected chi connectivity index (χ0v) is 13.8. The van der Waals surface area contributed by atoms with E-state index in [0.29, 0.717) is 17.9 Å². The molecule has 3 rings (SSSR count). The average Bonchev–Trinajstić information content (AvgIpc) is 2.72. The van der Waals surface area contributed by atoms with Crippen molar-refractivity contribution in [1.29, 1.82) is 0 Å². The quantitative estimate of drug-likeness (QED) is 0.689. The smallest absolute Gasteiger partial charge is 0.288 e. The van der Waals surface area contributed by atoms with Crippen LogP contribution in [0.25, 0.3) is 0 Å². The molecule has 0 aliphatic carbocycles. The van der Waals surface area contributed by atoms with Crippen LogP contribution in [-0.2, 0) is 6.61 Å². The number of carbonyl (C=O) groups excluding carboxylic acids is 2. The highest BCUT2D eigenvalue weighted by Gasteiger charge is 2.09. The van der Waals surface area contributed by atoms with E-state index in [1.807, 2.05) is 12.1 Å². The first-order valence-electron chi connectivity index (χ1n) is 7.86. The first-order valence-corrected chi connectivity index (χ1v) is 7.86. The second kappa shape index (κ2) is 8.39. The van der Waals surface area contributed by atoms with Crippen molar-refractivity contribution in [2.45, 2.75) is 6.61 Å². The second-order valence-electron chi connectivity index (χ2n) is 5.30. The number of ether oxygens (including phenoxy) is 1. The predicted molar refractivity (Wildman–Crippen MR) is 94.2 cm³/mol. The number of pyridine rings is 2. The maximum absolute atomic E-state index is 12.1. The van der Waals surface area contributed by atoms with Gasteiger partial charge in [-0.05, 0) is 42.5 Å². The summed E-state index contributed by atoms with van der Waals surface area (Å²) in [5, 5.41) is 0. The van der Waals surface area contributed by atoms with Gasteiger partial charge >= 0.3 is 0 Å². The van der Waals surface area contributed by atoms with Gasteiger partial charge < -0.3 is 4.74 Å². The number of aromatic nitrogens is 2. The maximum atomic E-state index is 12.1. The fourth-order valence-electron chi connectivity index (χ4n) is 2.10. The van der Waals surface area contributed by atoms with E-state index in [1.165, 1.54) is 6.20 Å². The van der Waals surface area contributed by atoms with Crippen molar-refractivity contribution in [1.82, 2.24) is 20.8 Å². The van der Waals surface area contributed by atoms with Crippen LogP contribution in [0.1, 0.15) is 26.4 Å². The van der Waals surface area contributed by atoms with Crippen LogP contribution >= 0.6 is 0 Å². The Morgan fingerprint density at radius 1 is 0.885 bits per heavy atom. The summed E-state index contributed by atoms with van der Waals surface area (Å²) in [6.07, 6.45) is 4.93. The van der Waals surface area contributed by atoms with Crippen molar-refractivity contribution < 1.29 is 14.3 Å². The van der Waals surface area contributed by atoms with E-state index in [9.17, 15) is 9.59 Å². The first kappa shape index (κ1) is 17.1. The molecule has 0 saturated heterocycles. The molecule has 0 saturated carbocycles. The highest BCUT2D eigenvalue weighted by molar-refractivity contribution is 5.98. The molecule has 130 valence electrons. The van der Waals surface area contributed by atoms with Gasteiger partial charge in [0.1, 0.15) is 18.1 Å². The van der Waals surface area contributed by atoms with Crippen LogP contribution in [0.3, 0.4) is 0 Å². The van der Waals surface area contributed by atoms with E-state index in [2.05, 4.69) is 20.8 Å². The Kier molecular flexibility index (Phi) is 5.51. The van der Waals surface area contributed by atoms with Crippen LogP contribution in [0.15, 0.2) is 73.2 Å². The summed E-state index contributed by atoms with van der Waals surface area (Å²) in [6, 6.07) is 15.3. The molecular formula is C19H16N4O3. The molecule has 0 fully saturated rings. The van der Waals surface area contributed by atoms with Crippen molar-refractivity contribution in [3.05, 3.63) is 90.0 Å². The molecule has 1 aromatic carbocycles. The number of nitrogens with zero attached hydrogens (tertiary/aromatic N) is 2. The molecule has 0 radical (unpaired) electrons. The van der Waals surface area contributed by atoms with Gasteiger partial charge in [-0.1, -0.05) is 12.1 Å². The van der Waals surface area contributed by atoms with Crippen molar-refractivity contribution in [2.75, 3.05) is 0 Å². The molecule has 0 atom stereocenters. The van der Waals surface area contributed by atoms with Crippen molar-refractivity contribution in [2.24, 2.45) is 0 Å². The molecule has 0 spiro atoms. The standard InChI is InChI=1S/C19H16N4O3/c24-18(22-23-19(25)17-5-1-2-11-21-17)15-6-8-16(9-7-15)26-13-14-4-3-10-20-12-14/h1-12H,13H2,(H,22,24)(H,23,25). The Morgan fingerprint density at radius 3 is 2.38 bits per heavy atom. The number of hydrogen-bond acceptors (Lipinski definition) is 5. The molecule has 0 aliphatic rings. The lowest BCUT2D eigenvalue weighted by Crippen LogP contribution is -2.41. The van der Waals surface area contributed by atoms with Gasteiger partial charge in [0.25, 0.3) is 11.8 Å². The summed E-state index contributed by atoms with van der Waals surface area (Å²) in [6.45, 7) is 0.388. The van der Waals surface area contributed by atoms with Gasteiger partial charge in [0.05, 0.1) is 0 Å². The molecular weight excluding hydrogens is 332 g/mol. The average molecular weight is 348 g/mol. The van der Waals surface area contributed by atoms with Gasteiger partial charge in [0.2, 0.25) is 0 Å². The van der Waals surface area contributed by atoms with E-state index in [-0.39, 0.29) is 5.69 Å². The number of hydrogen-bond donors (Lipinski definition) is 2. The molecule has 0 unspecified atom stereocenters. The number of benzene rings is 1. The monoisotopic (exact) mass is 348 g/mol. The van der Waals surface area contributed by atoms with Crippen LogP contribution in [-0.4, -0.2) is 21.8 Å². The van der Waals surface area contributed by atoms with Crippen molar-refractivity contribution in [3.63, 3.8) is 0 Å². The van der Waals surface area contributed by atoms with E-state index in [1.54, 1.807) is 54.9 Å². The summed E-state index contributed by atoms with van der Waals surface area (Å²) in [7, 11) is 0. The third-order valence-electron chi connectivity index (χ3n) is 3.43. The second-order valence-corrected chi connectivity index (χ2v) is 5.30. The third kappa shape index (κ3) is 4.64. The molecule has 0 aliphatic heterocycles. The number of rotatable bonds is 5. The topological polar surface area (TPSA) is 93.2 Å². The van der Waals surface area contributed by atoms with E-state index >= 15 is 0 Å². The van der Waals surface area contributed by atoms with Crippen LogP contribution in [0.2, 0.25) is 0 Å². The fourth-order valence-corrected chi connectivity index (χ4v) is 2.10. The van der Waals surface area contributed by atoms with Crippen LogP contribution in [0.4, 0.5) is 0 Å². The minimum atomic E-state index is -0.490. The largest absolute Gasteiger partial charge is 0.489 e. The van der Waals surface area contributed by atoms with Crippen LogP contribution in [0, 0.1) is 0 Å². The van der Waals surface area contributed by atoms with Crippen molar-refractivity contribution in [3.8, 4) is 5.75 Å². The van der Waals surface area contributed by atoms with Crippen molar-refractivity contribution >= 4 is 11.8 Å². The lowest BCUT2D eigenvalue weighted by Gasteiger charge is -2.08. The normalized spacial score (nSPS) is 10.0. The molecule has 2 N–H and O–H groups in total. The molecule has 3 aromatic rings. The van der Waals surface area contributed by atoms with Gasteiger partial charge in [-0.15, -0.1) is 0 Å². The third-order valence-corrected chi connectivity index (χ3v) is 3.43. The minimum Gasteiger partial charge on any atom is -0.489 e. The zero-order valence-electron chi connectivity index (χ0n) is 13.8. The molecule has 2 aromatic heterocycles. The SMILES string of the molecule is O=C(NNC(=O)c1ccccn1)c1ccc(OCc2cccnc2)cc1. The highest BCUT2D eigenvalue weighted by Crippen LogP contribution is 2.14. The highest BCUT2D eigenvalue weighted by atomic mass is 16.5. The Hall–Kier alpha value is -3.74. The summed E-state index contributed by atoms with van der Waals surface area (Å²) < 4.78 is 5.63. The van der Waals surface area contributed by atoms with Gasteiger partial charge in [0.15, 0.2) is 0 Å². The predicted octanol–water partition coefficient (Wildman–Crippen LogP) is 2.13. The Morgan fingerprint density at radius 2 is 1.69 bits per heavy atom. The summed E-state index contributed by atoms with van der Waals surface area (Å²) in [5.74, 6) is -0.300. The molecule has 7 heteroatoms. The van der Waals surface area contributed by atoms with Gasteiger partial charge in [-0.3, -0.25) is 30.4 Å². The fraction of sp³-hybridized carbons (Fsp3) is 0.0526. The van der Waals surface area contributed by atoms with E-state index in [0.717, 1.165) is 5.56 Å². The lowest BCUT2D eigenvalue weighted by atomic mass is 10.2. The number of nitrogens with one attached hydrogen (secondary N) is 2. The maximum Gasteiger partial charge on any atom is 0.288 e. The summed E-state index contributed by atoms with van der Waals surface area (Å²) in [4.78, 5) is 31.8. The molecule has 2 heterocycles. The van der Waals surface area contributed by atoms with Gasteiger partial charge in [-0.2, -0.15) is 0 Å². The van der Waals surface area contributed by atoms with E-state index < -0.39 is 11.8 Å². The number of hydrazine groups is 1. The Balaban J connectivity index is 1.51. The number of carbonyl (C=O) groups is 2. The first-order chi connectivity index (χ1) is 12.7. The van der Waals surface area contributed by atoms with Gasteiger partial charge in [0, 0.05) is 29.7 Å². The minimum absolute atomic E-state index is 0.215.